The first kappa shape index (κ1) is 26.5. The molecule has 0 amide bonds. The van der Waals surface area contributed by atoms with E-state index in [0.29, 0.717) is 40.8 Å². The van der Waals surface area contributed by atoms with Crippen LogP contribution in [0.4, 0.5) is 0 Å². The van der Waals surface area contributed by atoms with Crippen LogP contribution in [0.25, 0.3) is 28.1 Å². The van der Waals surface area contributed by atoms with Crippen LogP contribution in [0, 0.1) is 0 Å². The number of ether oxygens (including phenoxy) is 2. The molecule has 6 rings (SSSR count). The molecule has 2 N–H and O–H groups in total. The summed E-state index contributed by atoms with van der Waals surface area (Å²) in [5, 5.41) is 23.1. The van der Waals surface area contributed by atoms with E-state index in [9.17, 15) is 19.5 Å². The Kier molecular flexibility index (Phi) is 6.90. The number of benzene rings is 3. The van der Waals surface area contributed by atoms with Crippen molar-refractivity contribution in [3.63, 3.8) is 0 Å². The van der Waals surface area contributed by atoms with Crippen molar-refractivity contribution in [2.75, 3.05) is 13.7 Å². The van der Waals surface area contributed by atoms with Gasteiger partial charge in [0.1, 0.15) is 6.04 Å². The van der Waals surface area contributed by atoms with Crippen molar-refractivity contribution in [2.45, 2.75) is 25.4 Å². The van der Waals surface area contributed by atoms with Crippen molar-refractivity contribution in [1.29, 1.82) is 0 Å². The number of carbonyl (C=O) groups is 2. The third-order valence-corrected chi connectivity index (χ3v) is 7.47. The predicted molar refractivity (Wildman–Crippen MR) is 150 cm³/mol. The van der Waals surface area contributed by atoms with Gasteiger partial charge in [-0.1, -0.05) is 35.9 Å². The number of phenolic OH excluding ortho intramolecular Hbond substituents is 1. The Hall–Kier alpha value is -4.74. The molecule has 5 aromatic rings. The summed E-state index contributed by atoms with van der Waals surface area (Å²) < 4.78 is 13.4. The molecule has 2 aromatic heterocycles. The summed E-state index contributed by atoms with van der Waals surface area (Å²) in [6.45, 7) is 0.707. The van der Waals surface area contributed by atoms with E-state index in [4.69, 9.17) is 21.1 Å². The number of fused-ring (bicyclic) bond motifs is 3. The van der Waals surface area contributed by atoms with E-state index in [1.54, 1.807) is 52.9 Å². The van der Waals surface area contributed by atoms with Gasteiger partial charge in [0, 0.05) is 5.02 Å². The molecule has 1 atom stereocenters. The average Bonchev–Trinajstić information content (AvgIpc) is 3.67. The van der Waals surface area contributed by atoms with Crippen molar-refractivity contribution in [3.05, 3.63) is 87.2 Å². The molecule has 3 heterocycles. The second kappa shape index (κ2) is 10.7. The quantitative estimate of drug-likeness (QED) is 0.231. The molecule has 0 unspecified atom stereocenters. The molecule has 0 saturated carbocycles. The summed E-state index contributed by atoms with van der Waals surface area (Å²) in [6, 6.07) is 16.0. The summed E-state index contributed by atoms with van der Waals surface area (Å²) in [5.41, 5.74) is 1.24. The minimum absolute atomic E-state index is 0.00841. The number of methoxy groups -OCH3 is 1. The highest BCUT2D eigenvalue weighted by Gasteiger charge is 2.26. The number of aromatic nitrogens is 4. The first-order valence-electron chi connectivity index (χ1n) is 12.9. The lowest BCUT2D eigenvalue weighted by Crippen LogP contribution is -2.33. The van der Waals surface area contributed by atoms with Crippen LogP contribution in [-0.4, -0.2) is 55.9 Å². The zero-order valence-corrected chi connectivity index (χ0v) is 22.6. The van der Waals surface area contributed by atoms with E-state index in [0.717, 1.165) is 6.42 Å². The molecule has 1 fully saturated rings. The second-order valence-corrected chi connectivity index (χ2v) is 9.99. The van der Waals surface area contributed by atoms with Gasteiger partial charge in [0.25, 0.3) is 5.56 Å². The predicted octanol–water partition coefficient (Wildman–Crippen LogP) is 3.56. The number of carbonyl (C=O) groups excluding carboxylic acids is 2. The maximum absolute atomic E-state index is 13.6. The molecule has 1 aliphatic rings. The number of hydrogen-bond donors (Lipinski definition) is 2. The lowest BCUT2D eigenvalue weighted by Gasteiger charge is -2.14. The highest BCUT2D eigenvalue weighted by Crippen LogP contribution is 2.36. The van der Waals surface area contributed by atoms with Gasteiger partial charge < -0.3 is 19.9 Å². The smallest absolute Gasteiger partial charge is 0.345 e. The topological polar surface area (TPSA) is 137 Å². The number of aromatic hydroxyl groups is 1. The molecular formula is C29H24ClN5O6. The maximum Gasteiger partial charge on any atom is 0.345 e. The van der Waals surface area contributed by atoms with Crippen LogP contribution in [0.15, 0.2) is 65.5 Å². The van der Waals surface area contributed by atoms with Crippen LogP contribution in [0.5, 0.6) is 11.5 Å². The minimum Gasteiger partial charge on any atom is -0.504 e. The van der Waals surface area contributed by atoms with Crippen LogP contribution < -0.4 is 15.6 Å². The molecule has 0 bridgehead atoms. The maximum atomic E-state index is 13.6. The van der Waals surface area contributed by atoms with Crippen molar-refractivity contribution in [2.24, 2.45) is 0 Å². The first-order valence-corrected chi connectivity index (χ1v) is 13.3. The molecule has 1 saturated heterocycles. The first-order chi connectivity index (χ1) is 19.9. The number of phenols is 1. The van der Waals surface area contributed by atoms with Crippen molar-refractivity contribution in [1.82, 2.24) is 24.5 Å². The van der Waals surface area contributed by atoms with E-state index in [-0.39, 0.29) is 40.0 Å². The fourth-order valence-corrected chi connectivity index (χ4v) is 5.26. The molecule has 11 nitrogen and oxygen atoms in total. The van der Waals surface area contributed by atoms with Gasteiger partial charge in [-0.3, -0.25) is 13.8 Å². The van der Waals surface area contributed by atoms with E-state index < -0.39 is 18.0 Å². The summed E-state index contributed by atoms with van der Waals surface area (Å²) in [6.07, 6.45) is 1.45. The zero-order valence-electron chi connectivity index (χ0n) is 21.8. The summed E-state index contributed by atoms with van der Waals surface area (Å²) in [5.74, 6) is -0.737. The molecule has 1 aliphatic heterocycles. The van der Waals surface area contributed by atoms with Crippen LogP contribution in [0.2, 0.25) is 5.02 Å². The van der Waals surface area contributed by atoms with Crippen LogP contribution in [0.1, 0.15) is 28.8 Å². The number of nitrogens with zero attached hydrogens (tertiary/aromatic N) is 4. The van der Waals surface area contributed by atoms with Crippen LogP contribution in [-0.2, 0) is 16.1 Å². The van der Waals surface area contributed by atoms with E-state index in [1.807, 2.05) is 0 Å². The fourth-order valence-electron chi connectivity index (χ4n) is 5.02. The van der Waals surface area contributed by atoms with Gasteiger partial charge in [-0.25, -0.2) is 9.59 Å². The fraction of sp³-hybridized carbons (Fsp3) is 0.207. The van der Waals surface area contributed by atoms with Gasteiger partial charge in [0.05, 0.1) is 35.7 Å². The number of para-hydroxylation sites is 2. The van der Waals surface area contributed by atoms with E-state index in [2.05, 4.69) is 15.5 Å². The Morgan fingerprint density at radius 2 is 1.95 bits per heavy atom. The van der Waals surface area contributed by atoms with Gasteiger partial charge in [0.2, 0.25) is 5.78 Å². The molecular weight excluding hydrogens is 550 g/mol. The Labute approximate surface area is 237 Å². The highest BCUT2D eigenvalue weighted by atomic mass is 35.5. The molecule has 0 radical (unpaired) electrons. The van der Waals surface area contributed by atoms with Gasteiger partial charge in [-0.05, 0) is 61.3 Å². The van der Waals surface area contributed by atoms with Gasteiger partial charge in [-0.15, -0.1) is 10.2 Å². The standard InChI is InChI=1S/C29H24ClN5O6/c1-40-23-10-4-7-19(24(23)36)25-32-33-29-34(26(37)18-6-2-3-9-22(18)35(25)29)15-17-12-11-16(14-20(17)30)27(38)41-28(39)21-8-5-13-31-21/h2-4,6-7,9-12,14,21,31,36H,5,8,13,15H2,1H3/t21-/m0/s1. The third-order valence-electron chi connectivity index (χ3n) is 7.12. The van der Waals surface area contributed by atoms with Crippen molar-refractivity contribution < 1.29 is 24.2 Å². The largest absolute Gasteiger partial charge is 0.504 e. The molecule has 12 heteroatoms. The molecule has 3 aromatic carbocycles. The van der Waals surface area contributed by atoms with Gasteiger partial charge >= 0.3 is 11.9 Å². The average molecular weight is 574 g/mol. The number of nitrogens with one attached hydrogen (secondary N) is 1. The molecule has 0 spiro atoms. The molecule has 0 aliphatic carbocycles. The Balaban J connectivity index is 1.40. The Morgan fingerprint density at radius 3 is 2.71 bits per heavy atom. The normalized spacial score (nSPS) is 14.9. The zero-order chi connectivity index (χ0) is 28.7. The monoisotopic (exact) mass is 573 g/mol. The van der Waals surface area contributed by atoms with Crippen molar-refractivity contribution in [3.8, 4) is 22.9 Å². The summed E-state index contributed by atoms with van der Waals surface area (Å²) >= 11 is 6.55. The lowest BCUT2D eigenvalue weighted by molar-refractivity contribution is -0.139. The van der Waals surface area contributed by atoms with Crippen LogP contribution >= 0.6 is 11.6 Å². The third kappa shape index (κ3) is 4.68. The van der Waals surface area contributed by atoms with Gasteiger partial charge in [0.15, 0.2) is 17.3 Å². The lowest BCUT2D eigenvalue weighted by atomic mass is 10.1. The summed E-state index contributed by atoms with van der Waals surface area (Å²) in [4.78, 5) is 38.5. The number of halogens is 1. The number of hydrogen-bond acceptors (Lipinski definition) is 9. The number of esters is 2. The second-order valence-electron chi connectivity index (χ2n) is 9.59. The Morgan fingerprint density at radius 1 is 1.12 bits per heavy atom. The number of rotatable bonds is 6. The Bertz CT molecular complexity index is 1890. The minimum atomic E-state index is -0.803. The van der Waals surface area contributed by atoms with Crippen LogP contribution in [0.3, 0.4) is 0 Å². The molecule has 208 valence electrons. The molecule has 41 heavy (non-hydrogen) atoms. The van der Waals surface area contributed by atoms with Gasteiger partial charge in [-0.2, -0.15) is 0 Å². The van der Waals surface area contributed by atoms with E-state index >= 15 is 0 Å². The SMILES string of the molecule is COc1cccc(-c2nnc3n(Cc4ccc(C(=O)OC(=O)[C@@H]5CCCN5)cc4Cl)c(=O)c4ccccc4n23)c1O. The van der Waals surface area contributed by atoms with Crippen molar-refractivity contribution >= 4 is 40.2 Å². The summed E-state index contributed by atoms with van der Waals surface area (Å²) in [7, 11) is 1.45. The van der Waals surface area contributed by atoms with E-state index in [1.165, 1.54) is 23.8 Å². The highest BCUT2D eigenvalue weighted by molar-refractivity contribution is 6.31.